The molecule has 0 radical (unpaired) electrons. The van der Waals surface area contributed by atoms with E-state index in [0.717, 1.165) is 24.8 Å². The maximum absolute atomic E-state index is 11.4. The second-order valence-electron chi connectivity index (χ2n) is 4.66. The lowest BCUT2D eigenvalue weighted by molar-refractivity contribution is -0.143. The first-order chi connectivity index (χ1) is 8.27. The van der Waals surface area contributed by atoms with Crippen LogP contribution in [0.25, 0.3) is 0 Å². The molecule has 0 saturated carbocycles. The molecule has 2 nitrogen and oxygen atoms in total. The van der Waals surface area contributed by atoms with Gasteiger partial charge in [-0.15, -0.1) is 0 Å². The third-order valence-corrected chi connectivity index (χ3v) is 3.42. The van der Waals surface area contributed by atoms with Gasteiger partial charge in [-0.25, -0.2) is 0 Å². The summed E-state index contributed by atoms with van der Waals surface area (Å²) in [6.07, 6.45) is 8.04. The number of hydrogen-bond acceptors (Lipinski definition) is 1. The van der Waals surface area contributed by atoms with Crippen molar-refractivity contribution in [3.05, 3.63) is 48.0 Å². The van der Waals surface area contributed by atoms with Crippen molar-refractivity contribution >= 4 is 5.97 Å². The maximum Gasteiger partial charge on any atom is 0.307 e. The zero-order valence-corrected chi connectivity index (χ0v) is 9.88. The minimum Gasteiger partial charge on any atom is -0.481 e. The van der Waals surface area contributed by atoms with Crippen LogP contribution in [0.4, 0.5) is 0 Å². The van der Waals surface area contributed by atoms with Crippen LogP contribution in [-0.2, 0) is 11.2 Å². The minimum atomic E-state index is -0.676. The van der Waals surface area contributed by atoms with Crippen molar-refractivity contribution in [2.45, 2.75) is 25.7 Å². The lowest BCUT2D eigenvalue weighted by Gasteiger charge is -2.23. The van der Waals surface area contributed by atoms with Crippen LogP contribution in [0.2, 0.25) is 0 Å². The molecule has 0 aromatic heterocycles. The van der Waals surface area contributed by atoms with Gasteiger partial charge in [-0.3, -0.25) is 4.79 Å². The summed E-state index contributed by atoms with van der Waals surface area (Å²) < 4.78 is 0. The number of carbonyl (C=O) groups is 1. The lowest BCUT2D eigenvalue weighted by Crippen LogP contribution is -2.25. The summed E-state index contributed by atoms with van der Waals surface area (Å²) in [6, 6.07) is 9.89. The predicted octanol–water partition coefficient (Wildman–Crippen LogP) is 3.29. The number of aliphatic carboxylic acids is 1. The Morgan fingerprint density at radius 1 is 1.35 bits per heavy atom. The third kappa shape index (κ3) is 3.19. The van der Waals surface area contributed by atoms with Crippen LogP contribution in [0, 0.1) is 11.8 Å². The molecule has 1 aliphatic carbocycles. The Morgan fingerprint density at radius 3 is 2.71 bits per heavy atom. The summed E-state index contributed by atoms with van der Waals surface area (Å²) in [5.74, 6) is -0.763. The third-order valence-electron chi connectivity index (χ3n) is 3.42. The first kappa shape index (κ1) is 11.9. The molecule has 0 spiro atoms. The molecule has 1 aromatic rings. The summed E-state index contributed by atoms with van der Waals surface area (Å²) in [7, 11) is 0. The fourth-order valence-electron chi connectivity index (χ4n) is 2.46. The Balaban J connectivity index is 2.10. The molecule has 2 heteroatoms. The van der Waals surface area contributed by atoms with Gasteiger partial charge in [0, 0.05) is 0 Å². The average Bonchev–Trinajstić information content (AvgIpc) is 2.38. The molecule has 0 amide bonds. The van der Waals surface area contributed by atoms with E-state index in [2.05, 4.69) is 12.2 Å². The van der Waals surface area contributed by atoms with Crippen LogP contribution in [0.15, 0.2) is 42.5 Å². The van der Waals surface area contributed by atoms with Crippen molar-refractivity contribution in [2.75, 3.05) is 0 Å². The Bertz CT molecular complexity index is 395. The van der Waals surface area contributed by atoms with Crippen molar-refractivity contribution in [3.63, 3.8) is 0 Å². The highest BCUT2D eigenvalue weighted by atomic mass is 16.4. The van der Waals surface area contributed by atoms with Gasteiger partial charge < -0.3 is 5.11 Å². The molecule has 0 aliphatic heterocycles. The molecule has 2 atom stereocenters. The molecule has 0 saturated heterocycles. The van der Waals surface area contributed by atoms with E-state index in [1.54, 1.807) is 0 Å². The van der Waals surface area contributed by atoms with Gasteiger partial charge in [0.15, 0.2) is 0 Å². The summed E-state index contributed by atoms with van der Waals surface area (Å²) in [5, 5.41) is 9.35. The number of carboxylic acid groups (broad SMARTS) is 1. The Morgan fingerprint density at radius 2 is 2.12 bits per heavy atom. The van der Waals surface area contributed by atoms with E-state index in [0.29, 0.717) is 6.42 Å². The molecule has 90 valence electrons. The minimum absolute atomic E-state index is 0.196. The normalized spacial score (nSPS) is 21.1. The standard InChI is InChI=1S/C15H18O2/c16-15(17)14(13-9-5-2-6-10-13)11-12-7-3-1-4-8-12/h1,3-5,7-9,13-14H,2,6,10-11H2,(H,16,17). The summed E-state index contributed by atoms with van der Waals surface area (Å²) in [6.45, 7) is 0. The van der Waals surface area contributed by atoms with E-state index < -0.39 is 5.97 Å². The van der Waals surface area contributed by atoms with Crippen molar-refractivity contribution in [3.8, 4) is 0 Å². The summed E-state index contributed by atoms with van der Waals surface area (Å²) >= 11 is 0. The highest BCUT2D eigenvalue weighted by Crippen LogP contribution is 2.27. The molecule has 1 N–H and O–H groups in total. The molecule has 0 fully saturated rings. The van der Waals surface area contributed by atoms with Crippen LogP contribution in [0.5, 0.6) is 0 Å². The second-order valence-corrected chi connectivity index (χ2v) is 4.66. The lowest BCUT2D eigenvalue weighted by atomic mass is 9.81. The molecule has 0 bridgehead atoms. The van der Waals surface area contributed by atoms with Crippen LogP contribution >= 0.6 is 0 Å². The molecule has 1 aromatic carbocycles. The highest BCUT2D eigenvalue weighted by molar-refractivity contribution is 5.71. The molecule has 2 unspecified atom stereocenters. The predicted molar refractivity (Wildman–Crippen MR) is 67.8 cm³/mol. The van der Waals surface area contributed by atoms with E-state index in [4.69, 9.17) is 0 Å². The van der Waals surface area contributed by atoms with Gasteiger partial charge >= 0.3 is 5.97 Å². The molecular weight excluding hydrogens is 212 g/mol. The second kappa shape index (κ2) is 5.67. The van der Waals surface area contributed by atoms with E-state index >= 15 is 0 Å². The molecule has 0 heterocycles. The quantitative estimate of drug-likeness (QED) is 0.806. The van der Waals surface area contributed by atoms with Gasteiger partial charge in [0.2, 0.25) is 0 Å². The van der Waals surface area contributed by atoms with Gasteiger partial charge in [-0.1, -0.05) is 42.5 Å². The Labute approximate surface area is 102 Å². The fraction of sp³-hybridized carbons (Fsp3) is 0.400. The molecule has 1 aliphatic rings. The molecule has 2 rings (SSSR count). The highest BCUT2D eigenvalue weighted by Gasteiger charge is 2.27. The van der Waals surface area contributed by atoms with Crippen molar-refractivity contribution in [1.82, 2.24) is 0 Å². The zero-order chi connectivity index (χ0) is 12.1. The molecule has 17 heavy (non-hydrogen) atoms. The van der Waals surface area contributed by atoms with E-state index in [1.165, 1.54) is 0 Å². The smallest absolute Gasteiger partial charge is 0.307 e. The van der Waals surface area contributed by atoms with E-state index in [1.807, 2.05) is 30.3 Å². The van der Waals surface area contributed by atoms with Crippen LogP contribution in [0.3, 0.4) is 0 Å². The number of hydrogen-bond donors (Lipinski definition) is 1. The van der Waals surface area contributed by atoms with Gasteiger partial charge in [-0.2, -0.15) is 0 Å². The van der Waals surface area contributed by atoms with Crippen LogP contribution in [0.1, 0.15) is 24.8 Å². The number of rotatable bonds is 4. The van der Waals surface area contributed by atoms with Gasteiger partial charge in [0.25, 0.3) is 0 Å². The topological polar surface area (TPSA) is 37.3 Å². The largest absolute Gasteiger partial charge is 0.481 e. The molecular formula is C15H18O2. The van der Waals surface area contributed by atoms with Crippen molar-refractivity contribution < 1.29 is 9.90 Å². The number of carboxylic acids is 1. The first-order valence-corrected chi connectivity index (χ1v) is 6.21. The number of benzene rings is 1. The van der Waals surface area contributed by atoms with Gasteiger partial charge in [0.05, 0.1) is 5.92 Å². The van der Waals surface area contributed by atoms with Gasteiger partial charge in [-0.05, 0) is 37.2 Å². The first-order valence-electron chi connectivity index (χ1n) is 6.21. The number of allylic oxidation sites excluding steroid dienone is 2. The zero-order valence-electron chi connectivity index (χ0n) is 9.88. The maximum atomic E-state index is 11.4. The SMILES string of the molecule is O=C(O)C(Cc1ccccc1)C1C=CCCC1. The Kier molecular flexibility index (Phi) is 3.97. The van der Waals surface area contributed by atoms with E-state index in [9.17, 15) is 9.90 Å². The average molecular weight is 230 g/mol. The van der Waals surface area contributed by atoms with Crippen LogP contribution < -0.4 is 0 Å². The fourth-order valence-corrected chi connectivity index (χ4v) is 2.46. The van der Waals surface area contributed by atoms with Crippen LogP contribution in [-0.4, -0.2) is 11.1 Å². The van der Waals surface area contributed by atoms with Gasteiger partial charge in [0.1, 0.15) is 0 Å². The Hall–Kier alpha value is -1.57. The van der Waals surface area contributed by atoms with Crippen molar-refractivity contribution in [2.24, 2.45) is 11.8 Å². The monoisotopic (exact) mass is 230 g/mol. The van der Waals surface area contributed by atoms with E-state index in [-0.39, 0.29) is 11.8 Å². The summed E-state index contributed by atoms with van der Waals surface area (Å²) in [4.78, 5) is 11.4. The van der Waals surface area contributed by atoms with Crippen molar-refractivity contribution in [1.29, 1.82) is 0 Å². The summed E-state index contributed by atoms with van der Waals surface area (Å²) in [5.41, 5.74) is 1.11.